The third-order valence-electron chi connectivity index (χ3n) is 3.13. The maximum atomic E-state index is 13.6. The summed E-state index contributed by atoms with van der Waals surface area (Å²) in [5, 5.41) is 8.90. The Balaban J connectivity index is 3.03. The molecule has 0 radical (unpaired) electrons. The van der Waals surface area contributed by atoms with Gasteiger partial charge in [-0.2, -0.15) is 0 Å². The Hall–Kier alpha value is -2.61. The average molecular weight is 411 g/mol. The molecule has 0 aromatic heterocycles. The van der Waals surface area contributed by atoms with Crippen molar-refractivity contribution in [2.75, 3.05) is 19.8 Å². The van der Waals surface area contributed by atoms with Crippen LogP contribution >= 0.6 is 0 Å². The summed E-state index contributed by atoms with van der Waals surface area (Å²) in [5.74, 6) is -0.116. The fourth-order valence-corrected chi connectivity index (χ4v) is 2.08. The number of hydrogen-bond acceptors (Lipinski definition) is 6. The Labute approximate surface area is 171 Å². The number of aliphatic hydroxyl groups is 1. The van der Waals surface area contributed by atoms with Gasteiger partial charge in [0.05, 0.1) is 13.2 Å². The number of halogens is 1. The fraction of sp³-hybridized carbons (Fsp3) is 0.524. The van der Waals surface area contributed by atoms with Crippen molar-refractivity contribution < 1.29 is 33.3 Å². The molecule has 0 spiro atoms. The first-order chi connectivity index (χ1) is 13.3. The molecule has 0 atom stereocenters. The zero-order chi connectivity index (χ0) is 22.2. The SMILES string of the molecule is CC(C)(C)OC(=O)N(C/C=C/c1cc(F)ccc1OCCO)C(=O)OC(C)(C)C. The summed E-state index contributed by atoms with van der Waals surface area (Å²) in [7, 11) is 0. The molecule has 29 heavy (non-hydrogen) atoms. The van der Waals surface area contributed by atoms with Gasteiger partial charge in [0.25, 0.3) is 0 Å². The van der Waals surface area contributed by atoms with Crippen LogP contribution in [0.3, 0.4) is 0 Å². The van der Waals surface area contributed by atoms with E-state index in [1.165, 1.54) is 30.4 Å². The van der Waals surface area contributed by atoms with Crippen molar-refractivity contribution in [1.29, 1.82) is 0 Å². The minimum Gasteiger partial charge on any atom is -0.491 e. The van der Waals surface area contributed by atoms with Crippen molar-refractivity contribution in [2.45, 2.75) is 52.7 Å². The van der Waals surface area contributed by atoms with Crippen LogP contribution in [-0.2, 0) is 9.47 Å². The number of benzene rings is 1. The lowest BCUT2D eigenvalue weighted by molar-refractivity contribution is 0.00377. The molecule has 1 aromatic carbocycles. The first-order valence-corrected chi connectivity index (χ1v) is 9.25. The van der Waals surface area contributed by atoms with Crippen molar-refractivity contribution >= 4 is 18.3 Å². The van der Waals surface area contributed by atoms with Gasteiger partial charge < -0.3 is 19.3 Å². The Morgan fingerprint density at radius 2 is 1.62 bits per heavy atom. The van der Waals surface area contributed by atoms with Gasteiger partial charge in [0.1, 0.15) is 29.4 Å². The van der Waals surface area contributed by atoms with Crippen molar-refractivity contribution in [2.24, 2.45) is 0 Å². The van der Waals surface area contributed by atoms with Gasteiger partial charge >= 0.3 is 12.2 Å². The Morgan fingerprint density at radius 1 is 1.07 bits per heavy atom. The van der Waals surface area contributed by atoms with Crippen LogP contribution < -0.4 is 4.74 Å². The monoisotopic (exact) mass is 411 g/mol. The molecule has 7 nitrogen and oxygen atoms in total. The minimum atomic E-state index is -0.854. The van der Waals surface area contributed by atoms with E-state index in [1.807, 2.05) is 0 Å². The molecular weight excluding hydrogens is 381 g/mol. The second kappa shape index (κ2) is 10.2. The number of imide groups is 1. The van der Waals surface area contributed by atoms with E-state index in [-0.39, 0.29) is 19.8 Å². The minimum absolute atomic E-state index is 0.0500. The Morgan fingerprint density at radius 3 is 2.10 bits per heavy atom. The molecule has 162 valence electrons. The molecule has 0 heterocycles. The first-order valence-electron chi connectivity index (χ1n) is 9.25. The fourth-order valence-electron chi connectivity index (χ4n) is 2.08. The van der Waals surface area contributed by atoms with Gasteiger partial charge in [-0.05, 0) is 59.7 Å². The number of amides is 2. The van der Waals surface area contributed by atoms with E-state index >= 15 is 0 Å². The topological polar surface area (TPSA) is 85.3 Å². The maximum absolute atomic E-state index is 13.6. The molecule has 1 aromatic rings. The van der Waals surface area contributed by atoms with Crippen LogP contribution in [0, 0.1) is 5.82 Å². The normalized spacial score (nSPS) is 12.0. The third kappa shape index (κ3) is 9.43. The van der Waals surface area contributed by atoms with Crippen molar-refractivity contribution in [3.05, 3.63) is 35.7 Å². The zero-order valence-electron chi connectivity index (χ0n) is 17.8. The van der Waals surface area contributed by atoms with Gasteiger partial charge in [-0.3, -0.25) is 0 Å². The van der Waals surface area contributed by atoms with Gasteiger partial charge in [0, 0.05) is 5.56 Å². The van der Waals surface area contributed by atoms with Crippen LogP contribution in [0.15, 0.2) is 24.3 Å². The second-order valence-electron chi connectivity index (χ2n) is 8.23. The highest BCUT2D eigenvalue weighted by Gasteiger charge is 2.30. The van der Waals surface area contributed by atoms with E-state index in [1.54, 1.807) is 41.5 Å². The van der Waals surface area contributed by atoms with Crippen LogP contribution in [0.2, 0.25) is 0 Å². The summed E-state index contributed by atoms with van der Waals surface area (Å²) >= 11 is 0. The lowest BCUT2D eigenvalue weighted by Gasteiger charge is -2.28. The molecule has 0 bridgehead atoms. The van der Waals surface area contributed by atoms with Crippen LogP contribution in [0.25, 0.3) is 6.08 Å². The number of carbonyl (C=O) groups is 2. The number of hydrogen-bond donors (Lipinski definition) is 1. The number of nitrogens with zero attached hydrogens (tertiary/aromatic N) is 1. The first kappa shape index (κ1) is 24.4. The van der Waals surface area contributed by atoms with Gasteiger partial charge in [-0.1, -0.05) is 12.2 Å². The summed E-state index contributed by atoms with van der Waals surface area (Å²) in [6.45, 7) is 9.82. The average Bonchev–Trinajstić information content (AvgIpc) is 2.54. The van der Waals surface area contributed by atoms with Gasteiger partial charge in [0.15, 0.2) is 0 Å². The van der Waals surface area contributed by atoms with Crippen LogP contribution in [0.5, 0.6) is 5.75 Å². The summed E-state index contributed by atoms with van der Waals surface area (Å²) in [5.41, 5.74) is -1.20. The molecule has 0 aliphatic heterocycles. The molecule has 1 rings (SSSR count). The number of aliphatic hydroxyl groups excluding tert-OH is 1. The molecule has 0 saturated carbocycles. The van der Waals surface area contributed by atoms with E-state index in [4.69, 9.17) is 19.3 Å². The van der Waals surface area contributed by atoms with E-state index in [9.17, 15) is 14.0 Å². The molecular formula is C21H30FNO6. The van der Waals surface area contributed by atoms with Crippen LogP contribution in [-0.4, -0.2) is 53.2 Å². The third-order valence-corrected chi connectivity index (χ3v) is 3.13. The number of ether oxygens (including phenoxy) is 3. The lowest BCUT2D eigenvalue weighted by Crippen LogP contribution is -2.43. The maximum Gasteiger partial charge on any atom is 0.420 e. The molecule has 1 N–H and O–H groups in total. The number of carbonyl (C=O) groups excluding carboxylic acids is 2. The van der Waals surface area contributed by atoms with Crippen molar-refractivity contribution in [3.63, 3.8) is 0 Å². The zero-order valence-corrected chi connectivity index (χ0v) is 17.8. The highest BCUT2D eigenvalue weighted by molar-refractivity contribution is 5.88. The van der Waals surface area contributed by atoms with E-state index in [2.05, 4.69) is 0 Å². The molecule has 0 saturated heterocycles. The second-order valence-corrected chi connectivity index (χ2v) is 8.23. The highest BCUT2D eigenvalue weighted by Crippen LogP contribution is 2.22. The van der Waals surface area contributed by atoms with E-state index < -0.39 is 29.2 Å². The standard InChI is InChI=1S/C21H30FNO6/c1-20(2,3)28-18(25)23(19(26)29-21(4,5)6)11-7-8-15-14-16(22)9-10-17(15)27-13-12-24/h7-10,14,24H,11-13H2,1-6H3/b8-7+. The van der Waals surface area contributed by atoms with E-state index in [0.29, 0.717) is 11.3 Å². The summed E-state index contributed by atoms with van der Waals surface area (Å²) in [6, 6.07) is 3.91. The molecule has 0 unspecified atom stereocenters. The quantitative estimate of drug-likeness (QED) is 0.748. The molecule has 0 fully saturated rings. The van der Waals surface area contributed by atoms with Crippen LogP contribution in [0.4, 0.5) is 14.0 Å². The van der Waals surface area contributed by atoms with Gasteiger partial charge in [-0.15, -0.1) is 0 Å². The van der Waals surface area contributed by atoms with Gasteiger partial charge in [0.2, 0.25) is 0 Å². The van der Waals surface area contributed by atoms with Crippen LogP contribution in [0.1, 0.15) is 47.1 Å². The Kier molecular flexibility index (Phi) is 8.63. The molecule has 2 amide bonds. The van der Waals surface area contributed by atoms with Gasteiger partial charge in [-0.25, -0.2) is 18.9 Å². The molecule has 0 aliphatic carbocycles. The largest absolute Gasteiger partial charge is 0.491 e. The predicted molar refractivity (Wildman–Crippen MR) is 107 cm³/mol. The summed E-state index contributed by atoms with van der Waals surface area (Å²) in [6.07, 6.45) is 1.30. The number of rotatable bonds is 6. The van der Waals surface area contributed by atoms with E-state index in [0.717, 1.165) is 4.90 Å². The molecule has 0 aliphatic rings. The summed E-state index contributed by atoms with van der Waals surface area (Å²) < 4.78 is 29.5. The van der Waals surface area contributed by atoms with Crippen molar-refractivity contribution in [3.8, 4) is 5.75 Å². The predicted octanol–water partition coefficient (Wildman–Crippen LogP) is 4.38. The highest BCUT2D eigenvalue weighted by atomic mass is 19.1. The van der Waals surface area contributed by atoms with Crippen molar-refractivity contribution in [1.82, 2.24) is 4.90 Å². The Bertz CT molecular complexity index is 706. The summed E-state index contributed by atoms with van der Waals surface area (Å²) in [4.78, 5) is 25.7. The lowest BCUT2D eigenvalue weighted by atomic mass is 10.1. The molecule has 8 heteroatoms. The smallest absolute Gasteiger partial charge is 0.420 e.